The van der Waals surface area contributed by atoms with Gasteiger partial charge in [-0.3, -0.25) is 14.9 Å². The summed E-state index contributed by atoms with van der Waals surface area (Å²) in [7, 11) is 0. The highest BCUT2D eigenvalue weighted by molar-refractivity contribution is 6.50. The molecule has 0 saturated heterocycles. The van der Waals surface area contributed by atoms with Crippen molar-refractivity contribution in [3.05, 3.63) is 83.6 Å². The Bertz CT molecular complexity index is 1390. The standard InChI is InChI=1S/C25H18N2O2/c28-24-21(18-11-3-7-15-6-1-2-10-17(15)18)22(25(29)26-24)20-14-27-13-5-9-16-8-4-12-19(20)23(16)27/h1-4,6-8,10-12,14H,5,9,13H2,(H,26,28,29). The maximum Gasteiger partial charge on any atom is 0.259 e. The first-order valence-corrected chi connectivity index (χ1v) is 9.91. The van der Waals surface area contributed by atoms with Crippen LogP contribution in [0.15, 0.2) is 66.9 Å². The number of aromatic nitrogens is 1. The fraction of sp³-hybridized carbons (Fsp3) is 0.120. The van der Waals surface area contributed by atoms with E-state index in [1.807, 2.05) is 54.7 Å². The summed E-state index contributed by atoms with van der Waals surface area (Å²) in [6, 6.07) is 20.1. The van der Waals surface area contributed by atoms with Gasteiger partial charge in [-0.1, -0.05) is 60.7 Å². The van der Waals surface area contributed by atoms with E-state index in [0.717, 1.165) is 46.7 Å². The van der Waals surface area contributed by atoms with Crippen molar-refractivity contribution in [2.45, 2.75) is 19.4 Å². The second-order valence-electron chi connectivity index (χ2n) is 7.71. The number of carbonyl (C=O) groups excluding carboxylic acids is 2. The topological polar surface area (TPSA) is 51.1 Å². The Morgan fingerprint density at radius 3 is 2.38 bits per heavy atom. The number of carbonyl (C=O) groups is 2. The molecule has 0 saturated carbocycles. The number of fused-ring (bicyclic) bond motifs is 1. The van der Waals surface area contributed by atoms with Gasteiger partial charge in [-0.25, -0.2) is 0 Å². The van der Waals surface area contributed by atoms with Gasteiger partial charge in [0.2, 0.25) is 0 Å². The van der Waals surface area contributed by atoms with Gasteiger partial charge < -0.3 is 4.57 Å². The monoisotopic (exact) mass is 378 g/mol. The molecule has 3 heterocycles. The molecule has 0 unspecified atom stereocenters. The van der Waals surface area contributed by atoms with Gasteiger partial charge in [-0.2, -0.15) is 0 Å². The van der Waals surface area contributed by atoms with Crippen LogP contribution in [0.2, 0.25) is 0 Å². The van der Waals surface area contributed by atoms with E-state index < -0.39 is 0 Å². The van der Waals surface area contributed by atoms with Crippen molar-refractivity contribution in [2.75, 3.05) is 0 Å². The van der Waals surface area contributed by atoms with Crippen LogP contribution in [-0.2, 0) is 22.6 Å². The first-order chi connectivity index (χ1) is 14.2. The first-order valence-electron chi connectivity index (χ1n) is 9.91. The van der Waals surface area contributed by atoms with Gasteiger partial charge >= 0.3 is 0 Å². The van der Waals surface area contributed by atoms with Gasteiger partial charge in [0.15, 0.2) is 0 Å². The minimum Gasteiger partial charge on any atom is -0.347 e. The lowest BCUT2D eigenvalue weighted by atomic mass is 9.92. The van der Waals surface area contributed by atoms with E-state index in [9.17, 15) is 9.59 Å². The Kier molecular flexibility index (Phi) is 3.33. The minimum absolute atomic E-state index is 0.318. The number of para-hydroxylation sites is 1. The Morgan fingerprint density at radius 2 is 1.48 bits per heavy atom. The predicted octanol–water partition coefficient (Wildman–Crippen LogP) is 4.31. The molecule has 0 radical (unpaired) electrons. The zero-order valence-corrected chi connectivity index (χ0v) is 15.7. The van der Waals surface area contributed by atoms with E-state index in [2.05, 4.69) is 22.0 Å². The van der Waals surface area contributed by atoms with E-state index in [0.29, 0.717) is 11.1 Å². The molecule has 2 aliphatic rings. The van der Waals surface area contributed by atoms with Crippen molar-refractivity contribution in [1.29, 1.82) is 0 Å². The van der Waals surface area contributed by atoms with Crippen LogP contribution in [0.5, 0.6) is 0 Å². The molecule has 2 amide bonds. The second-order valence-corrected chi connectivity index (χ2v) is 7.71. The van der Waals surface area contributed by atoms with Crippen molar-refractivity contribution in [1.82, 2.24) is 9.88 Å². The highest BCUT2D eigenvalue weighted by atomic mass is 16.2. The van der Waals surface area contributed by atoms with Gasteiger partial charge in [-0.15, -0.1) is 0 Å². The molecule has 0 spiro atoms. The number of nitrogens with one attached hydrogen (secondary N) is 1. The molecule has 1 aromatic heterocycles. The molecule has 0 atom stereocenters. The Morgan fingerprint density at radius 1 is 0.759 bits per heavy atom. The van der Waals surface area contributed by atoms with E-state index in [4.69, 9.17) is 0 Å². The van der Waals surface area contributed by atoms with Crippen LogP contribution in [-0.4, -0.2) is 16.4 Å². The van der Waals surface area contributed by atoms with E-state index in [1.54, 1.807) is 0 Å². The predicted molar refractivity (Wildman–Crippen MR) is 114 cm³/mol. The average Bonchev–Trinajstić information content (AvgIpc) is 3.25. The summed E-state index contributed by atoms with van der Waals surface area (Å²) in [4.78, 5) is 25.9. The molecule has 0 bridgehead atoms. The molecule has 29 heavy (non-hydrogen) atoms. The normalized spacial score (nSPS) is 16.1. The van der Waals surface area contributed by atoms with Crippen LogP contribution in [0.4, 0.5) is 0 Å². The van der Waals surface area contributed by atoms with Crippen LogP contribution in [0.25, 0.3) is 32.8 Å². The molecule has 1 N–H and O–H groups in total. The zero-order valence-electron chi connectivity index (χ0n) is 15.7. The molecule has 4 aromatic rings. The summed E-state index contributed by atoms with van der Waals surface area (Å²) in [5, 5.41) is 5.60. The van der Waals surface area contributed by atoms with Crippen LogP contribution >= 0.6 is 0 Å². The Hall–Kier alpha value is -3.66. The minimum atomic E-state index is -0.326. The fourth-order valence-corrected chi connectivity index (χ4v) is 4.87. The number of imide groups is 1. The van der Waals surface area contributed by atoms with Crippen LogP contribution in [0, 0.1) is 0 Å². The number of benzene rings is 3. The first kappa shape index (κ1) is 16.3. The van der Waals surface area contributed by atoms with Gasteiger partial charge in [0.05, 0.1) is 16.7 Å². The number of hydrogen-bond acceptors (Lipinski definition) is 2. The Labute approximate surface area is 167 Å². The number of rotatable bonds is 2. The molecule has 2 aliphatic heterocycles. The highest BCUT2D eigenvalue weighted by Crippen LogP contribution is 2.39. The quantitative estimate of drug-likeness (QED) is 0.529. The van der Waals surface area contributed by atoms with Crippen molar-refractivity contribution < 1.29 is 9.59 Å². The molecule has 4 nitrogen and oxygen atoms in total. The molecule has 3 aromatic carbocycles. The number of amides is 2. The fourth-order valence-electron chi connectivity index (χ4n) is 4.87. The van der Waals surface area contributed by atoms with Crippen molar-refractivity contribution in [2.24, 2.45) is 0 Å². The summed E-state index contributed by atoms with van der Waals surface area (Å²) < 4.78 is 2.23. The molecule has 4 heteroatoms. The van der Waals surface area contributed by atoms with Gasteiger partial charge in [0, 0.05) is 23.7 Å². The highest BCUT2D eigenvalue weighted by Gasteiger charge is 2.35. The maximum absolute atomic E-state index is 12.9. The molecule has 0 fully saturated rings. The smallest absolute Gasteiger partial charge is 0.259 e. The number of nitrogens with zero attached hydrogens (tertiary/aromatic N) is 1. The number of aryl methyl sites for hydroxylation is 2. The summed E-state index contributed by atoms with van der Waals surface area (Å²) >= 11 is 0. The van der Waals surface area contributed by atoms with Crippen LogP contribution < -0.4 is 5.32 Å². The lowest BCUT2D eigenvalue weighted by Gasteiger charge is -2.14. The van der Waals surface area contributed by atoms with Crippen LogP contribution in [0.1, 0.15) is 23.1 Å². The van der Waals surface area contributed by atoms with E-state index in [1.165, 1.54) is 11.1 Å². The average molecular weight is 378 g/mol. The van der Waals surface area contributed by atoms with Gasteiger partial charge in [-0.05, 0) is 34.7 Å². The maximum atomic E-state index is 12.9. The molecule has 0 aliphatic carbocycles. The Balaban J connectivity index is 1.70. The van der Waals surface area contributed by atoms with E-state index in [-0.39, 0.29) is 11.8 Å². The molecule has 6 rings (SSSR count). The third-order valence-electron chi connectivity index (χ3n) is 6.09. The SMILES string of the molecule is O=C1NC(=O)C(c2cn3c4c(cccc24)CCC3)=C1c1cccc2ccccc12. The van der Waals surface area contributed by atoms with Crippen molar-refractivity contribution in [3.63, 3.8) is 0 Å². The molecular formula is C25H18N2O2. The largest absolute Gasteiger partial charge is 0.347 e. The third-order valence-corrected chi connectivity index (χ3v) is 6.09. The van der Waals surface area contributed by atoms with Crippen LogP contribution in [0.3, 0.4) is 0 Å². The third kappa shape index (κ3) is 2.26. The molecule has 140 valence electrons. The summed E-state index contributed by atoms with van der Waals surface area (Å²) in [6.45, 7) is 0.931. The lowest BCUT2D eigenvalue weighted by Crippen LogP contribution is -2.22. The van der Waals surface area contributed by atoms with Crippen molar-refractivity contribution >= 4 is 44.6 Å². The van der Waals surface area contributed by atoms with Gasteiger partial charge in [0.1, 0.15) is 0 Å². The summed E-state index contributed by atoms with van der Waals surface area (Å²) in [5.74, 6) is -0.644. The molecular weight excluding hydrogens is 360 g/mol. The second kappa shape index (κ2) is 5.92. The summed E-state index contributed by atoms with van der Waals surface area (Å²) in [6.07, 6.45) is 4.17. The lowest BCUT2D eigenvalue weighted by molar-refractivity contribution is -0.122. The number of hydrogen-bond donors (Lipinski definition) is 1. The summed E-state index contributed by atoms with van der Waals surface area (Å²) in [5.41, 5.74) is 5.08. The van der Waals surface area contributed by atoms with Crippen molar-refractivity contribution in [3.8, 4) is 0 Å². The van der Waals surface area contributed by atoms with Gasteiger partial charge in [0.25, 0.3) is 11.8 Å². The zero-order chi connectivity index (χ0) is 19.5. The van der Waals surface area contributed by atoms with E-state index >= 15 is 0 Å².